The monoisotopic (exact) mass is 234 g/mol. The van der Waals surface area contributed by atoms with Crippen LogP contribution < -0.4 is 0 Å². The molecule has 0 aromatic heterocycles. The normalized spacial score (nSPS) is 12.4. The first-order valence-electron chi connectivity index (χ1n) is 7.38. The molecule has 0 fully saturated rings. The standard InChI is InChI=1S/C17H30/c1-3-5-7-9-11-13-15-17-16-14-12-10-8-6-4-2/h5,7,11,13,15,17H,3-4,6,8-10,12,14,16H2,1-2H3/b7-5+,13-11-,17-15+. The van der Waals surface area contributed by atoms with Gasteiger partial charge in [-0.15, -0.1) is 0 Å². The summed E-state index contributed by atoms with van der Waals surface area (Å²) >= 11 is 0. The van der Waals surface area contributed by atoms with Crippen LogP contribution in [0.5, 0.6) is 0 Å². The van der Waals surface area contributed by atoms with Crippen LogP contribution in [0.3, 0.4) is 0 Å². The van der Waals surface area contributed by atoms with Crippen molar-refractivity contribution in [3.63, 3.8) is 0 Å². The van der Waals surface area contributed by atoms with Crippen molar-refractivity contribution in [3.8, 4) is 0 Å². The Morgan fingerprint density at radius 1 is 0.647 bits per heavy atom. The van der Waals surface area contributed by atoms with Gasteiger partial charge in [-0.1, -0.05) is 82.4 Å². The minimum Gasteiger partial charge on any atom is -0.0885 e. The Bertz CT molecular complexity index is 208. The van der Waals surface area contributed by atoms with Crippen LogP contribution in [-0.2, 0) is 0 Å². The van der Waals surface area contributed by atoms with Gasteiger partial charge >= 0.3 is 0 Å². The SMILES string of the molecule is CC/C=C/C/C=C\C=C\CCCCCCCC. The van der Waals surface area contributed by atoms with E-state index in [9.17, 15) is 0 Å². The van der Waals surface area contributed by atoms with Gasteiger partial charge in [-0.2, -0.15) is 0 Å². The molecule has 0 aliphatic rings. The Balaban J connectivity index is 3.21. The van der Waals surface area contributed by atoms with Gasteiger partial charge in [-0.05, 0) is 25.7 Å². The molecule has 17 heavy (non-hydrogen) atoms. The van der Waals surface area contributed by atoms with Gasteiger partial charge in [-0.25, -0.2) is 0 Å². The van der Waals surface area contributed by atoms with Gasteiger partial charge in [0.25, 0.3) is 0 Å². The summed E-state index contributed by atoms with van der Waals surface area (Å²) in [7, 11) is 0. The van der Waals surface area contributed by atoms with Gasteiger partial charge in [0.1, 0.15) is 0 Å². The second kappa shape index (κ2) is 15.2. The fraction of sp³-hybridized carbons (Fsp3) is 0.647. The molecule has 0 radical (unpaired) electrons. The van der Waals surface area contributed by atoms with Crippen molar-refractivity contribution in [2.24, 2.45) is 0 Å². The Kier molecular flexibility index (Phi) is 14.5. The lowest BCUT2D eigenvalue weighted by molar-refractivity contribution is 0.611. The highest BCUT2D eigenvalue weighted by Gasteiger charge is 1.87. The highest BCUT2D eigenvalue weighted by atomic mass is 13.9. The molecule has 0 aromatic carbocycles. The molecule has 0 aliphatic carbocycles. The molecule has 0 N–H and O–H groups in total. The molecular formula is C17H30. The number of hydrogen-bond donors (Lipinski definition) is 0. The first kappa shape index (κ1) is 16.2. The topological polar surface area (TPSA) is 0 Å². The third-order valence-corrected chi connectivity index (χ3v) is 2.78. The molecule has 0 spiro atoms. The predicted octanol–water partition coefficient (Wildman–Crippen LogP) is 6.21. The first-order chi connectivity index (χ1) is 8.41. The fourth-order valence-electron chi connectivity index (χ4n) is 1.72. The molecule has 0 heteroatoms. The summed E-state index contributed by atoms with van der Waals surface area (Å²) < 4.78 is 0. The summed E-state index contributed by atoms with van der Waals surface area (Å²) in [6.07, 6.45) is 25.1. The van der Waals surface area contributed by atoms with Crippen molar-refractivity contribution in [1.82, 2.24) is 0 Å². The molecule has 0 amide bonds. The van der Waals surface area contributed by atoms with Gasteiger partial charge in [0.2, 0.25) is 0 Å². The second-order valence-corrected chi connectivity index (χ2v) is 4.53. The van der Waals surface area contributed by atoms with E-state index >= 15 is 0 Å². The maximum absolute atomic E-state index is 2.29. The van der Waals surface area contributed by atoms with Crippen LogP contribution in [0.25, 0.3) is 0 Å². The van der Waals surface area contributed by atoms with Gasteiger partial charge < -0.3 is 0 Å². The minimum absolute atomic E-state index is 1.06. The summed E-state index contributed by atoms with van der Waals surface area (Å²) in [5.41, 5.74) is 0. The highest BCUT2D eigenvalue weighted by molar-refractivity contribution is 5.04. The molecule has 0 saturated heterocycles. The summed E-state index contributed by atoms with van der Waals surface area (Å²) in [4.78, 5) is 0. The zero-order chi connectivity index (χ0) is 12.6. The second-order valence-electron chi connectivity index (χ2n) is 4.53. The zero-order valence-corrected chi connectivity index (χ0v) is 11.8. The van der Waals surface area contributed by atoms with Crippen molar-refractivity contribution in [3.05, 3.63) is 36.5 Å². The van der Waals surface area contributed by atoms with Gasteiger partial charge in [0, 0.05) is 0 Å². The summed E-state index contributed by atoms with van der Waals surface area (Å²) in [5, 5.41) is 0. The highest BCUT2D eigenvalue weighted by Crippen LogP contribution is 2.07. The Hall–Kier alpha value is -0.780. The number of allylic oxidation sites excluding steroid dienone is 6. The van der Waals surface area contributed by atoms with Crippen LogP contribution in [0, 0.1) is 0 Å². The molecule has 0 nitrogen and oxygen atoms in total. The Labute approximate surface area is 109 Å². The molecule has 0 rings (SSSR count). The molecule has 0 bridgehead atoms. The third-order valence-electron chi connectivity index (χ3n) is 2.78. The minimum atomic E-state index is 1.06. The lowest BCUT2D eigenvalue weighted by Crippen LogP contribution is -1.77. The van der Waals surface area contributed by atoms with E-state index in [-0.39, 0.29) is 0 Å². The zero-order valence-electron chi connectivity index (χ0n) is 11.8. The van der Waals surface area contributed by atoms with Gasteiger partial charge in [-0.3, -0.25) is 0 Å². The third kappa shape index (κ3) is 15.2. The molecule has 0 atom stereocenters. The maximum Gasteiger partial charge on any atom is -0.0166 e. The average molecular weight is 234 g/mol. The summed E-state index contributed by atoms with van der Waals surface area (Å²) in [6.45, 7) is 4.44. The molecule has 0 aliphatic heterocycles. The summed E-state index contributed by atoms with van der Waals surface area (Å²) in [6, 6.07) is 0. The van der Waals surface area contributed by atoms with E-state index in [1.165, 1.54) is 44.9 Å². The average Bonchev–Trinajstić information content (AvgIpc) is 2.35. The fourth-order valence-corrected chi connectivity index (χ4v) is 1.72. The van der Waals surface area contributed by atoms with E-state index in [4.69, 9.17) is 0 Å². The van der Waals surface area contributed by atoms with Crippen LogP contribution in [0.2, 0.25) is 0 Å². The largest absolute Gasteiger partial charge is 0.0885 e. The Morgan fingerprint density at radius 2 is 1.35 bits per heavy atom. The van der Waals surface area contributed by atoms with E-state index in [0.29, 0.717) is 0 Å². The van der Waals surface area contributed by atoms with E-state index in [0.717, 1.165) is 12.8 Å². The molecule has 0 heterocycles. The van der Waals surface area contributed by atoms with Crippen LogP contribution >= 0.6 is 0 Å². The van der Waals surface area contributed by atoms with Crippen LogP contribution in [0.15, 0.2) is 36.5 Å². The number of rotatable bonds is 11. The van der Waals surface area contributed by atoms with Gasteiger partial charge in [0.05, 0.1) is 0 Å². The quantitative estimate of drug-likeness (QED) is 0.227. The van der Waals surface area contributed by atoms with E-state index in [1.807, 2.05) is 0 Å². The van der Waals surface area contributed by atoms with Crippen molar-refractivity contribution in [2.45, 2.75) is 71.6 Å². The predicted molar refractivity (Wildman–Crippen MR) is 80.3 cm³/mol. The van der Waals surface area contributed by atoms with Crippen LogP contribution in [0.1, 0.15) is 71.6 Å². The lowest BCUT2D eigenvalue weighted by Gasteiger charge is -1.97. The van der Waals surface area contributed by atoms with Crippen molar-refractivity contribution >= 4 is 0 Å². The molecular weight excluding hydrogens is 204 g/mol. The molecule has 98 valence electrons. The molecule has 0 saturated carbocycles. The van der Waals surface area contributed by atoms with E-state index in [2.05, 4.69) is 50.3 Å². The van der Waals surface area contributed by atoms with E-state index in [1.54, 1.807) is 0 Å². The number of hydrogen-bond acceptors (Lipinski definition) is 0. The summed E-state index contributed by atoms with van der Waals surface area (Å²) in [5.74, 6) is 0. The maximum atomic E-state index is 2.29. The smallest absolute Gasteiger partial charge is 0.0166 e. The molecule has 0 aromatic rings. The first-order valence-corrected chi connectivity index (χ1v) is 7.38. The van der Waals surface area contributed by atoms with Crippen LogP contribution in [-0.4, -0.2) is 0 Å². The lowest BCUT2D eigenvalue weighted by atomic mass is 10.1. The molecule has 0 unspecified atom stereocenters. The van der Waals surface area contributed by atoms with Crippen molar-refractivity contribution in [2.75, 3.05) is 0 Å². The van der Waals surface area contributed by atoms with Crippen molar-refractivity contribution in [1.29, 1.82) is 0 Å². The van der Waals surface area contributed by atoms with E-state index < -0.39 is 0 Å². The van der Waals surface area contributed by atoms with Gasteiger partial charge in [0.15, 0.2) is 0 Å². The number of unbranched alkanes of at least 4 members (excludes halogenated alkanes) is 6. The Morgan fingerprint density at radius 3 is 2.12 bits per heavy atom. The van der Waals surface area contributed by atoms with Crippen LogP contribution in [0.4, 0.5) is 0 Å². The van der Waals surface area contributed by atoms with Crippen molar-refractivity contribution < 1.29 is 0 Å².